The zero-order chi connectivity index (χ0) is 52.6. The first-order valence-electron chi connectivity index (χ1n) is 22.2. The molecule has 0 aliphatic rings. The number of aromatic nitrogens is 4. The van der Waals surface area contributed by atoms with Crippen LogP contribution in [0, 0.1) is 13.8 Å². The topological polar surface area (TPSA) is 259 Å². The average Bonchev–Trinajstić information content (AvgIpc) is 3.33. The van der Waals surface area contributed by atoms with Gasteiger partial charge in [-0.2, -0.15) is 3.89 Å². The van der Waals surface area contributed by atoms with Gasteiger partial charge in [0.1, 0.15) is 22.4 Å². The average molecular weight is 1070 g/mol. The van der Waals surface area contributed by atoms with Crippen molar-refractivity contribution in [2.24, 2.45) is 0 Å². The van der Waals surface area contributed by atoms with E-state index in [0.717, 1.165) is 22.3 Å². The number of sulfone groups is 2. The predicted octanol–water partition coefficient (Wildman–Crippen LogP) is 10.3. The van der Waals surface area contributed by atoms with Crippen LogP contribution in [0.15, 0.2) is 119 Å². The molecule has 0 spiro atoms. The fraction of sp³-hybridized carbons (Fsp3) is 0.306. The largest absolute Gasteiger partial charge is 0.382 e. The number of rotatable bonds is 20. The number of carbonyl (C=O) groups is 2. The third-order valence-corrected chi connectivity index (χ3v) is 21.8. The highest BCUT2D eigenvalue weighted by Gasteiger charge is 2.31. The van der Waals surface area contributed by atoms with E-state index in [1.54, 1.807) is 52.0 Å². The lowest BCUT2D eigenvalue weighted by Crippen LogP contribution is -2.12. The molecule has 22 heteroatoms. The lowest BCUT2D eigenvalue weighted by atomic mass is 10.1. The summed E-state index contributed by atoms with van der Waals surface area (Å²) in [5.41, 5.74) is 16.9. The van der Waals surface area contributed by atoms with Crippen molar-refractivity contribution >= 4 is 69.8 Å². The molecule has 1 unspecified atom stereocenters. The van der Waals surface area contributed by atoms with Crippen LogP contribution >= 0.6 is 26.9 Å². The maximum Gasteiger partial charge on any atom is 0.217 e. The van der Waals surface area contributed by atoms with Gasteiger partial charge >= 0.3 is 0 Å². The van der Waals surface area contributed by atoms with Crippen LogP contribution in [0.5, 0.6) is 0 Å². The molecule has 0 fully saturated rings. The molecule has 0 aliphatic carbocycles. The summed E-state index contributed by atoms with van der Waals surface area (Å²) in [6.45, 7) is 10.9. The van der Waals surface area contributed by atoms with Gasteiger partial charge in [0.25, 0.3) is 0 Å². The Morgan fingerprint density at radius 3 is 1.17 bits per heavy atom. The van der Waals surface area contributed by atoms with E-state index in [1.165, 1.54) is 42.9 Å². The number of nitrogens with two attached hydrogens (primary N) is 2. The third kappa shape index (κ3) is 16.8. The van der Waals surface area contributed by atoms with Gasteiger partial charge in [-0.25, -0.2) is 36.8 Å². The Labute approximate surface area is 420 Å². The molecule has 0 aliphatic heterocycles. The number of halogens is 1. The van der Waals surface area contributed by atoms with Crippen molar-refractivity contribution < 1.29 is 48.5 Å². The molecule has 2 aromatic heterocycles. The van der Waals surface area contributed by atoms with E-state index in [4.69, 9.17) is 20.5 Å². The Balaban J connectivity index is 0.000000292. The van der Waals surface area contributed by atoms with Gasteiger partial charge in [0, 0.05) is 54.7 Å². The van der Waals surface area contributed by atoms with Crippen LogP contribution in [0.25, 0.3) is 22.5 Å². The number of aryl methyl sites for hydroxylation is 2. The molecular formula is C49H59FN6O10P2S3. The minimum atomic E-state index is -3.81. The second-order valence-corrected chi connectivity index (χ2v) is 26.8. The fourth-order valence-electron chi connectivity index (χ4n) is 6.68. The van der Waals surface area contributed by atoms with Crippen LogP contribution in [0.2, 0.25) is 0 Å². The number of nitrogen functional groups attached to an aromatic ring is 2. The van der Waals surface area contributed by atoms with Gasteiger partial charge in [0.2, 0.25) is 14.7 Å². The van der Waals surface area contributed by atoms with Gasteiger partial charge < -0.3 is 20.5 Å². The highest BCUT2D eigenvalue weighted by molar-refractivity contribution is 7.98. The van der Waals surface area contributed by atoms with E-state index in [9.17, 15) is 39.4 Å². The molecular weight excluding hydrogens is 1010 g/mol. The van der Waals surface area contributed by atoms with Crippen LogP contribution in [-0.2, 0) is 50.7 Å². The van der Waals surface area contributed by atoms with Gasteiger partial charge in [-0.3, -0.25) is 18.7 Å². The molecule has 0 bridgehead atoms. The van der Waals surface area contributed by atoms with Crippen molar-refractivity contribution in [2.45, 2.75) is 64.2 Å². The van der Waals surface area contributed by atoms with Gasteiger partial charge in [-0.15, -0.1) is 0 Å². The monoisotopic (exact) mass is 1070 g/mol. The van der Waals surface area contributed by atoms with Crippen LogP contribution < -0.4 is 11.5 Å². The molecule has 16 nitrogen and oxygen atoms in total. The van der Waals surface area contributed by atoms with Crippen LogP contribution in [0.3, 0.4) is 0 Å². The summed E-state index contributed by atoms with van der Waals surface area (Å²) in [5, 5.41) is 0. The highest BCUT2D eigenvalue weighted by atomic mass is 32.2. The van der Waals surface area contributed by atoms with Crippen LogP contribution in [0.1, 0.15) is 70.9 Å². The van der Waals surface area contributed by atoms with Crippen LogP contribution in [-0.4, -0.2) is 91.1 Å². The summed E-state index contributed by atoms with van der Waals surface area (Å²) in [6, 6.07) is 27.2. The molecule has 2 heterocycles. The first-order valence-corrected chi connectivity index (χ1v) is 30.7. The zero-order valence-electron chi connectivity index (χ0n) is 40.6. The number of ketones is 2. The highest BCUT2D eigenvalue weighted by Crippen LogP contribution is 2.49. The van der Waals surface area contributed by atoms with Gasteiger partial charge in [-0.05, 0) is 63.1 Å². The minimum Gasteiger partial charge on any atom is -0.382 e. The summed E-state index contributed by atoms with van der Waals surface area (Å²) < 4.78 is 96.8. The van der Waals surface area contributed by atoms with E-state index in [-0.39, 0.29) is 94.9 Å². The molecule has 4 N–H and O–H groups in total. The molecule has 2 atom stereocenters. The molecule has 6 rings (SSSR count). The number of carbonyl (C=O) groups excluding carboxylic acids is 2. The van der Waals surface area contributed by atoms with Gasteiger partial charge in [0.05, 0.1) is 46.8 Å². The molecule has 4 aromatic carbocycles. The van der Waals surface area contributed by atoms with E-state index in [0.29, 0.717) is 22.5 Å². The summed E-state index contributed by atoms with van der Waals surface area (Å²) in [4.78, 5) is 42.9. The molecule has 0 amide bonds. The quantitative estimate of drug-likeness (QED) is 0.0532. The maximum atomic E-state index is 12.9. The van der Waals surface area contributed by atoms with Gasteiger partial charge in [-0.1, -0.05) is 97.8 Å². The summed E-state index contributed by atoms with van der Waals surface area (Å²) in [6.07, 6.45) is 4.64. The first-order chi connectivity index (χ1) is 33.5. The molecule has 0 saturated heterocycles. The van der Waals surface area contributed by atoms with E-state index < -0.39 is 45.4 Å². The predicted molar refractivity (Wildman–Crippen MR) is 280 cm³/mol. The third-order valence-electron chi connectivity index (χ3n) is 10.5. The van der Waals surface area contributed by atoms with Crippen molar-refractivity contribution in [3.8, 4) is 22.5 Å². The lowest BCUT2D eigenvalue weighted by molar-refractivity contribution is 0.0980. The second-order valence-electron chi connectivity index (χ2n) is 15.9. The molecule has 71 heavy (non-hydrogen) atoms. The molecule has 0 saturated carbocycles. The molecule has 380 valence electrons. The Morgan fingerprint density at radius 2 is 0.887 bits per heavy atom. The number of anilines is 2. The first kappa shape index (κ1) is 58.1. The Hall–Kier alpha value is -5.46. The maximum absolute atomic E-state index is 12.9. The van der Waals surface area contributed by atoms with E-state index in [1.807, 2.05) is 62.4 Å². The Morgan fingerprint density at radius 1 is 0.577 bits per heavy atom. The Bertz CT molecular complexity index is 2890. The van der Waals surface area contributed by atoms with Crippen molar-refractivity contribution in [3.05, 3.63) is 143 Å². The van der Waals surface area contributed by atoms with Gasteiger partial charge in [0.15, 0.2) is 42.9 Å². The fourth-order valence-corrected chi connectivity index (χ4v) is 16.5. The molecule has 0 radical (unpaired) electrons. The molecule has 6 aromatic rings. The second kappa shape index (κ2) is 26.3. The van der Waals surface area contributed by atoms with E-state index >= 15 is 0 Å². The lowest BCUT2D eigenvalue weighted by Gasteiger charge is -2.16. The summed E-state index contributed by atoms with van der Waals surface area (Å²) >= 11 is 0.250. The summed E-state index contributed by atoms with van der Waals surface area (Å²) in [5.74, 6) is -0.597. The zero-order valence-corrected chi connectivity index (χ0v) is 44.8. The summed E-state index contributed by atoms with van der Waals surface area (Å²) in [7, 11) is -14.2. The van der Waals surface area contributed by atoms with Crippen molar-refractivity contribution in [3.63, 3.8) is 0 Å². The Kier molecular flexibility index (Phi) is 21.5. The number of hydrogen-bond donors (Lipinski definition) is 2. The van der Waals surface area contributed by atoms with Crippen molar-refractivity contribution in [1.82, 2.24) is 19.9 Å². The smallest absolute Gasteiger partial charge is 0.217 e. The number of nitrogens with zero attached hydrogens (tertiary/aromatic N) is 4. The SMILES string of the molecule is CCOP(=O)(CC)CS(=O)(=O)c1ccc(CC(=O)c2nc(-c3ccc(C)cc3)cnc2N)cc1.CCO[P@@](=O)(CC)CS(=O)(=O)c1ccc(CC(=O)c2nc(-c3ccc(C)cc3)cnc2N)cc1.CSF. The normalized spacial score (nSPS) is 13.1. The van der Waals surface area contributed by atoms with E-state index in [2.05, 4.69) is 19.9 Å². The number of Topliss-reactive ketones (excluding diaryl/α,β-unsaturated/α-hetero) is 2. The minimum absolute atomic E-state index is 0.0248. The number of hydrogen-bond acceptors (Lipinski definition) is 17. The van der Waals surface area contributed by atoms with Crippen molar-refractivity contribution in [1.29, 1.82) is 0 Å². The van der Waals surface area contributed by atoms with Crippen LogP contribution in [0.4, 0.5) is 15.5 Å². The van der Waals surface area contributed by atoms with Crippen molar-refractivity contribution in [2.75, 3.05) is 54.2 Å². The number of benzene rings is 4. The standard InChI is InChI=1S/2C24H28N3O5PS.CH3FS/c2*1-4-32-33(29,5-2)16-34(30,31)20-12-8-18(9-13-20)14-22(28)23-24(25)26-15-21(27-23)19-10-6-17(3)7-11-19;1-3-2/h2*6-13,15H,4-5,14,16H2,1-3H3,(H2,25,26);1H3/t33-;;/m0../s1.